The lowest BCUT2D eigenvalue weighted by Crippen LogP contribution is -3.13. The van der Waals surface area contributed by atoms with E-state index in [1.807, 2.05) is 18.2 Å². The number of benzene rings is 1. The van der Waals surface area contributed by atoms with Crippen molar-refractivity contribution in [2.75, 3.05) is 33.3 Å². The summed E-state index contributed by atoms with van der Waals surface area (Å²) in [4.78, 5) is 3.82. The lowest BCUT2D eigenvalue weighted by Gasteiger charge is -2.33. The molecule has 0 atom stereocenters. The summed E-state index contributed by atoms with van der Waals surface area (Å²) in [6.07, 6.45) is 1.68. The van der Waals surface area contributed by atoms with Gasteiger partial charge in [-0.15, -0.1) is 0 Å². The molecule has 0 radical (unpaired) electrons. The Labute approximate surface area is 148 Å². The largest absolute Gasteiger partial charge is 0.497 e. The highest BCUT2D eigenvalue weighted by Gasteiger charge is 2.21. The summed E-state index contributed by atoms with van der Waals surface area (Å²) in [5.74, 6) is 1.83. The van der Waals surface area contributed by atoms with Crippen molar-refractivity contribution in [2.45, 2.75) is 13.1 Å². The molecule has 2 N–H and O–H groups in total. The van der Waals surface area contributed by atoms with E-state index in [2.05, 4.69) is 28.4 Å². The first-order valence-corrected chi connectivity index (χ1v) is 8.67. The molecular formula is C18H24N3O2S+. The molecule has 0 bridgehead atoms. The first kappa shape index (κ1) is 16.8. The maximum absolute atomic E-state index is 5.50. The molecule has 1 fully saturated rings. The van der Waals surface area contributed by atoms with Crippen molar-refractivity contribution in [1.29, 1.82) is 0 Å². The zero-order valence-corrected chi connectivity index (χ0v) is 14.8. The molecule has 1 aliphatic rings. The van der Waals surface area contributed by atoms with Crippen molar-refractivity contribution >= 4 is 17.3 Å². The van der Waals surface area contributed by atoms with Crippen LogP contribution in [0.3, 0.4) is 0 Å². The molecule has 0 unspecified atom stereocenters. The summed E-state index contributed by atoms with van der Waals surface area (Å²) < 4.78 is 10.6. The molecule has 2 aromatic rings. The quantitative estimate of drug-likeness (QED) is 0.793. The van der Waals surface area contributed by atoms with E-state index in [1.54, 1.807) is 18.3 Å². The van der Waals surface area contributed by atoms with E-state index in [9.17, 15) is 0 Å². The molecule has 1 aromatic carbocycles. The number of hydrogen-bond donors (Lipinski definition) is 2. The number of nitrogens with one attached hydrogen (secondary N) is 2. The number of furan rings is 1. The van der Waals surface area contributed by atoms with E-state index in [0.29, 0.717) is 6.54 Å². The zero-order valence-electron chi connectivity index (χ0n) is 14.0. The summed E-state index contributed by atoms with van der Waals surface area (Å²) in [6, 6.07) is 12.2. The minimum atomic E-state index is 0.642. The van der Waals surface area contributed by atoms with Gasteiger partial charge in [0.1, 0.15) is 18.1 Å². The molecule has 0 aliphatic carbocycles. The topological polar surface area (TPSA) is 42.1 Å². The fraction of sp³-hybridized carbons (Fsp3) is 0.389. The Balaban J connectivity index is 1.44. The molecule has 1 aliphatic heterocycles. The standard InChI is InChI=1S/C18H23N3O2S/c1-22-16-5-2-4-15(12-16)14-20-7-9-21(10-8-20)18(24)19-13-17-6-3-11-23-17/h2-6,11-12H,7-10,13-14H2,1H3,(H,19,24)/p+1. The first-order chi connectivity index (χ1) is 11.7. The monoisotopic (exact) mass is 346 g/mol. The predicted octanol–water partition coefficient (Wildman–Crippen LogP) is 1.06. The number of methoxy groups -OCH3 is 1. The minimum absolute atomic E-state index is 0.642. The molecule has 1 aromatic heterocycles. The van der Waals surface area contributed by atoms with Crippen LogP contribution in [0.4, 0.5) is 0 Å². The van der Waals surface area contributed by atoms with Crippen molar-refractivity contribution in [3.05, 3.63) is 54.0 Å². The van der Waals surface area contributed by atoms with Gasteiger partial charge in [-0.05, 0) is 36.5 Å². The number of quaternary nitrogens is 1. The number of rotatable bonds is 5. The molecule has 0 spiro atoms. The molecular weight excluding hydrogens is 322 g/mol. The predicted molar refractivity (Wildman–Crippen MR) is 97.1 cm³/mol. The maximum atomic E-state index is 5.50. The lowest BCUT2D eigenvalue weighted by atomic mass is 10.2. The Morgan fingerprint density at radius 1 is 1.29 bits per heavy atom. The van der Waals surface area contributed by atoms with Crippen LogP contribution in [0.25, 0.3) is 0 Å². The Hall–Kier alpha value is -2.05. The smallest absolute Gasteiger partial charge is 0.169 e. The number of ether oxygens (including phenoxy) is 1. The van der Waals surface area contributed by atoms with Crippen LogP contribution in [0.2, 0.25) is 0 Å². The highest BCUT2D eigenvalue weighted by molar-refractivity contribution is 7.80. The van der Waals surface area contributed by atoms with Gasteiger partial charge in [0.05, 0.1) is 46.1 Å². The summed E-state index contributed by atoms with van der Waals surface area (Å²) >= 11 is 5.50. The Kier molecular flexibility index (Phi) is 5.72. The van der Waals surface area contributed by atoms with E-state index in [4.69, 9.17) is 21.4 Å². The number of hydrogen-bond acceptors (Lipinski definition) is 3. The molecule has 3 rings (SSSR count). The second kappa shape index (κ2) is 8.17. The van der Waals surface area contributed by atoms with Gasteiger partial charge >= 0.3 is 0 Å². The molecule has 1 saturated heterocycles. The summed E-state index contributed by atoms with van der Waals surface area (Å²) in [5, 5.41) is 4.08. The second-order valence-corrected chi connectivity index (χ2v) is 6.39. The van der Waals surface area contributed by atoms with Gasteiger partial charge in [-0.1, -0.05) is 12.1 Å². The van der Waals surface area contributed by atoms with Gasteiger partial charge in [0.25, 0.3) is 0 Å². The maximum Gasteiger partial charge on any atom is 0.169 e. The average Bonchev–Trinajstić information content (AvgIpc) is 3.14. The summed E-state index contributed by atoms with van der Waals surface area (Å²) in [6.45, 7) is 5.78. The third-order valence-electron chi connectivity index (χ3n) is 4.34. The molecule has 24 heavy (non-hydrogen) atoms. The molecule has 2 heterocycles. The molecule has 5 nitrogen and oxygen atoms in total. The van der Waals surface area contributed by atoms with E-state index < -0.39 is 0 Å². The van der Waals surface area contributed by atoms with E-state index in [0.717, 1.165) is 49.3 Å². The Bertz CT molecular complexity index is 652. The fourth-order valence-corrected chi connectivity index (χ4v) is 3.22. The Morgan fingerprint density at radius 3 is 2.83 bits per heavy atom. The molecule has 6 heteroatoms. The van der Waals surface area contributed by atoms with Gasteiger partial charge in [-0.25, -0.2) is 0 Å². The molecule has 128 valence electrons. The highest BCUT2D eigenvalue weighted by Crippen LogP contribution is 2.11. The lowest BCUT2D eigenvalue weighted by molar-refractivity contribution is -0.917. The van der Waals surface area contributed by atoms with Gasteiger partial charge in [0, 0.05) is 5.56 Å². The van der Waals surface area contributed by atoms with Crippen LogP contribution < -0.4 is 15.0 Å². The van der Waals surface area contributed by atoms with Crippen LogP contribution in [-0.2, 0) is 13.1 Å². The van der Waals surface area contributed by atoms with Gasteiger partial charge in [-0.2, -0.15) is 0 Å². The van der Waals surface area contributed by atoms with Crippen molar-refractivity contribution in [3.8, 4) is 5.75 Å². The third-order valence-corrected chi connectivity index (χ3v) is 4.74. The number of thiocarbonyl (C=S) groups is 1. The van der Waals surface area contributed by atoms with Gasteiger partial charge in [0.2, 0.25) is 0 Å². The van der Waals surface area contributed by atoms with Crippen LogP contribution in [-0.4, -0.2) is 43.3 Å². The number of piperazine rings is 1. The number of nitrogens with zero attached hydrogens (tertiary/aromatic N) is 1. The summed E-state index contributed by atoms with van der Waals surface area (Å²) in [7, 11) is 1.71. The van der Waals surface area contributed by atoms with Gasteiger partial charge in [-0.3, -0.25) is 0 Å². The van der Waals surface area contributed by atoms with E-state index >= 15 is 0 Å². The van der Waals surface area contributed by atoms with Crippen molar-refractivity contribution < 1.29 is 14.1 Å². The first-order valence-electron chi connectivity index (χ1n) is 8.26. The van der Waals surface area contributed by atoms with Crippen LogP contribution in [0.1, 0.15) is 11.3 Å². The highest BCUT2D eigenvalue weighted by atomic mass is 32.1. The van der Waals surface area contributed by atoms with Gasteiger partial charge in [0.15, 0.2) is 5.11 Å². The van der Waals surface area contributed by atoms with Gasteiger partial charge < -0.3 is 24.3 Å². The van der Waals surface area contributed by atoms with Crippen LogP contribution in [0.15, 0.2) is 47.1 Å². The van der Waals surface area contributed by atoms with Crippen LogP contribution in [0.5, 0.6) is 5.75 Å². The van der Waals surface area contributed by atoms with Crippen molar-refractivity contribution in [1.82, 2.24) is 10.2 Å². The average molecular weight is 346 g/mol. The summed E-state index contributed by atoms with van der Waals surface area (Å²) in [5.41, 5.74) is 1.32. The molecule has 0 amide bonds. The fourth-order valence-electron chi connectivity index (χ4n) is 2.96. The third kappa shape index (κ3) is 4.49. The minimum Gasteiger partial charge on any atom is -0.497 e. The van der Waals surface area contributed by atoms with E-state index in [-0.39, 0.29) is 0 Å². The van der Waals surface area contributed by atoms with E-state index in [1.165, 1.54) is 5.56 Å². The van der Waals surface area contributed by atoms with Crippen molar-refractivity contribution in [2.24, 2.45) is 0 Å². The van der Waals surface area contributed by atoms with Crippen LogP contribution in [0, 0.1) is 0 Å². The SMILES string of the molecule is COc1cccc(C[NH+]2CCN(C(=S)NCc3ccco3)CC2)c1. The normalized spacial score (nSPS) is 15.3. The van der Waals surface area contributed by atoms with Crippen molar-refractivity contribution in [3.63, 3.8) is 0 Å². The molecule has 0 saturated carbocycles. The Morgan fingerprint density at radius 2 is 2.12 bits per heavy atom. The second-order valence-electron chi connectivity index (χ2n) is 6.00. The zero-order chi connectivity index (χ0) is 16.8. The van der Waals surface area contributed by atoms with Crippen LogP contribution >= 0.6 is 12.2 Å².